The molecule has 1 amide bonds. The number of hydrogen-bond acceptors (Lipinski definition) is 11. The highest BCUT2D eigenvalue weighted by molar-refractivity contribution is 8.00. The highest BCUT2D eigenvalue weighted by atomic mass is 35.5. The van der Waals surface area contributed by atoms with Gasteiger partial charge in [-0.15, -0.1) is 11.8 Å². The van der Waals surface area contributed by atoms with Crippen LogP contribution >= 0.6 is 23.4 Å². The minimum absolute atomic E-state index is 0.0103. The van der Waals surface area contributed by atoms with E-state index >= 15 is 0 Å². The molecule has 15 heteroatoms. The molecule has 5 aromatic rings. The Morgan fingerprint density at radius 1 is 0.792 bits per heavy atom. The van der Waals surface area contributed by atoms with E-state index in [9.17, 15) is 14.4 Å². The first-order valence-electron chi connectivity index (χ1n) is 18.2. The molecule has 278 valence electrons. The van der Waals surface area contributed by atoms with Gasteiger partial charge in [0.2, 0.25) is 5.91 Å². The standard InChI is InChI=1S/C23H25ClN6O2S.C15H20N4O/c24-17-11-20-23(28-21(31)14-33-20)27-18(17)12-26-16-4-7-29(8-5-16)9-10-30-19-13-25-6-3-15(19)1-2-22(30)32;16-13-4-7-18(8-5-13)9-10-19-14-11-17-6-3-12(14)1-2-15(19)20/h1-3,6,11,13,16,26H,4-5,7-10,12,14H2,(H,27,28,31);1-3,6,11,13H,4-5,7-10,16H2. The van der Waals surface area contributed by atoms with Crippen molar-refractivity contribution in [2.75, 3.05) is 50.3 Å². The first-order chi connectivity index (χ1) is 25.8. The van der Waals surface area contributed by atoms with Crippen LogP contribution in [0.3, 0.4) is 0 Å². The van der Waals surface area contributed by atoms with Crippen molar-refractivity contribution in [1.82, 2.24) is 39.2 Å². The number of anilines is 1. The number of pyridine rings is 5. The van der Waals surface area contributed by atoms with Gasteiger partial charge in [0, 0.05) is 80.1 Å². The molecule has 13 nitrogen and oxygen atoms in total. The number of hydrogen-bond donors (Lipinski definition) is 3. The molecular formula is C38H45ClN10O3S. The lowest BCUT2D eigenvalue weighted by atomic mass is 10.0. The molecule has 2 saturated heterocycles. The average molecular weight is 757 g/mol. The minimum atomic E-state index is -0.0318. The second-order valence-electron chi connectivity index (χ2n) is 13.8. The second kappa shape index (κ2) is 17.3. The maximum Gasteiger partial charge on any atom is 0.251 e. The van der Waals surface area contributed by atoms with Crippen molar-refractivity contribution in [2.24, 2.45) is 5.73 Å². The van der Waals surface area contributed by atoms with Gasteiger partial charge in [-0.05, 0) is 82.2 Å². The first-order valence-corrected chi connectivity index (χ1v) is 19.6. The van der Waals surface area contributed by atoms with Gasteiger partial charge in [-0.1, -0.05) is 11.6 Å². The number of nitrogens with two attached hydrogens (primary N) is 1. The summed E-state index contributed by atoms with van der Waals surface area (Å²) in [6.07, 6.45) is 11.2. The zero-order valence-electron chi connectivity index (χ0n) is 29.6. The molecule has 0 bridgehead atoms. The van der Waals surface area contributed by atoms with E-state index in [1.165, 1.54) is 11.8 Å². The molecular weight excluding hydrogens is 712 g/mol. The summed E-state index contributed by atoms with van der Waals surface area (Å²) in [5.74, 6) is 0.967. The number of carbonyl (C=O) groups excluding carboxylic acids is 1. The van der Waals surface area contributed by atoms with Crippen LogP contribution in [-0.4, -0.2) is 96.9 Å². The van der Waals surface area contributed by atoms with Gasteiger partial charge in [0.25, 0.3) is 11.1 Å². The third-order valence-electron chi connectivity index (χ3n) is 10.3. The fraction of sp³-hybridized carbons (Fsp3) is 0.421. The Kier molecular flexibility index (Phi) is 12.1. The molecule has 0 aliphatic carbocycles. The van der Waals surface area contributed by atoms with E-state index in [-0.39, 0.29) is 17.0 Å². The van der Waals surface area contributed by atoms with Crippen LogP contribution in [0.15, 0.2) is 81.7 Å². The van der Waals surface area contributed by atoms with Gasteiger partial charge < -0.3 is 35.3 Å². The number of likely N-dealkylation sites (tertiary alicyclic amines) is 2. The molecule has 8 rings (SSSR count). The summed E-state index contributed by atoms with van der Waals surface area (Å²) >= 11 is 7.88. The van der Waals surface area contributed by atoms with E-state index in [2.05, 4.69) is 35.4 Å². The molecule has 3 aliphatic rings. The molecule has 0 atom stereocenters. The maximum absolute atomic E-state index is 12.4. The summed E-state index contributed by atoms with van der Waals surface area (Å²) in [4.78, 5) is 54.6. The van der Waals surface area contributed by atoms with Gasteiger partial charge >= 0.3 is 0 Å². The SMILES string of the molecule is NC1CCN(CCn2c(=O)ccc3ccncc32)CC1.O=C1CSc2cc(Cl)c(CNC3CCN(CCn4c(=O)ccc5ccncc54)CC3)nc2N1. The van der Waals surface area contributed by atoms with Gasteiger partial charge in [0.05, 0.1) is 44.8 Å². The van der Waals surface area contributed by atoms with Crippen LogP contribution in [0.5, 0.6) is 0 Å². The Hall–Kier alpha value is -4.18. The number of aromatic nitrogens is 5. The normalized spacial score (nSPS) is 17.4. The van der Waals surface area contributed by atoms with Gasteiger partial charge in [0.15, 0.2) is 0 Å². The van der Waals surface area contributed by atoms with Gasteiger partial charge in [-0.2, -0.15) is 0 Å². The van der Waals surface area contributed by atoms with Crippen molar-refractivity contribution in [3.63, 3.8) is 0 Å². The lowest BCUT2D eigenvalue weighted by Gasteiger charge is -2.32. The topological polar surface area (TPSA) is 156 Å². The second-order valence-corrected chi connectivity index (χ2v) is 15.2. The van der Waals surface area contributed by atoms with E-state index in [0.717, 1.165) is 97.3 Å². The summed E-state index contributed by atoms with van der Waals surface area (Å²) < 4.78 is 3.63. The first kappa shape index (κ1) is 37.1. The molecule has 2 fully saturated rings. The van der Waals surface area contributed by atoms with Crippen LogP contribution < -0.4 is 27.5 Å². The van der Waals surface area contributed by atoms with Gasteiger partial charge in [0.1, 0.15) is 5.82 Å². The molecule has 3 aliphatic heterocycles. The van der Waals surface area contributed by atoms with Crippen LogP contribution in [0, 0.1) is 0 Å². The smallest absolute Gasteiger partial charge is 0.251 e. The van der Waals surface area contributed by atoms with Gasteiger partial charge in [-0.25, -0.2) is 4.98 Å². The van der Waals surface area contributed by atoms with Crippen molar-refractivity contribution < 1.29 is 4.79 Å². The average Bonchev–Trinajstić information content (AvgIpc) is 3.18. The van der Waals surface area contributed by atoms with E-state index in [4.69, 9.17) is 17.3 Å². The van der Waals surface area contributed by atoms with Crippen LogP contribution in [0.25, 0.3) is 21.8 Å². The number of amides is 1. The summed E-state index contributed by atoms with van der Waals surface area (Å²) in [5.41, 5.74) is 8.51. The van der Waals surface area contributed by atoms with Crippen LogP contribution in [0.1, 0.15) is 31.4 Å². The predicted molar refractivity (Wildman–Crippen MR) is 211 cm³/mol. The largest absolute Gasteiger partial charge is 0.328 e. The number of piperidine rings is 2. The van der Waals surface area contributed by atoms with Crippen molar-refractivity contribution in [3.8, 4) is 0 Å². The minimum Gasteiger partial charge on any atom is -0.328 e. The Balaban J connectivity index is 0.000000186. The quantitative estimate of drug-likeness (QED) is 0.202. The highest BCUT2D eigenvalue weighted by Gasteiger charge is 2.22. The monoisotopic (exact) mass is 756 g/mol. The van der Waals surface area contributed by atoms with E-state index in [0.29, 0.717) is 48.3 Å². The van der Waals surface area contributed by atoms with Crippen molar-refractivity contribution in [1.29, 1.82) is 0 Å². The molecule has 0 saturated carbocycles. The fourth-order valence-electron chi connectivity index (χ4n) is 7.13. The Labute approximate surface area is 316 Å². The van der Waals surface area contributed by atoms with E-state index in [1.54, 1.807) is 36.9 Å². The van der Waals surface area contributed by atoms with Gasteiger partial charge in [-0.3, -0.25) is 24.4 Å². The number of halogens is 1. The molecule has 53 heavy (non-hydrogen) atoms. The molecule has 8 heterocycles. The van der Waals surface area contributed by atoms with Crippen molar-refractivity contribution in [3.05, 3.63) is 98.7 Å². The molecule has 5 aromatic heterocycles. The summed E-state index contributed by atoms with van der Waals surface area (Å²) in [6, 6.07) is 13.4. The number of fused-ring (bicyclic) bond motifs is 3. The zero-order chi connectivity index (χ0) is 36.7. The molecule has 0 unspecified atom stereocenters. The number of nitrogens with one attached hydrogen (secondary N) is 2. The number of thioether (sulfide) groups is 1. The molecule has 0 radical (unpaired) electrons. The molecule has 0 aromatic carbocycles. The Bertz CT molecular complexity index is 2180. The lowest BCUT2D eigenvalue weighted by molar-refractivity contribution is -0.113. The molecule has 0 spiro atoms. The van der Waals surface area contributed by atoms with Crippen LogP contribution in [0.2, 0.25) is 5.02 Å². The number of rotatable bonds is 9. The summed E-state index contributed by atoms with van der Waals surface area (Å²) in [5, 5.41) is 9.10. The number of carbonyl (C=O) groups is 1. The summed E-state index contributed by atoms with van der Waals surface area (Å²) in [6.45, 7) is 7.63. The Morgan fingerprint density at radius 2 is 1.36 bits per heavy atom. The third kappa shape index (κ3) is 9.31. The fourth-order valence-corrected chi connectivity index (χ4v) is 8.21. The van der Waals surface area contributed by atoms with E-state index < -0.39 is 0 Å². The van der Waals surface area contributed by atoms with E-state index in [1.807, 2.05) is 39.5 Å². The van der Waals surface area contributed by atoms with Crippen LogP contribution in [0.4, 0.5) is 5.82 Å². The third-order valence-corrected chi connectivity index (χ3v) is 11.6. The summed E-state index contributed by atoms with van der Waals surface area (Å²) in [7, 11) is 0. The predicted octanol–water partition coefficient (Wildman–Crippen LogP) is 3.56. The maximum atomic E-state index is 12.4. The zero-order valence-corrected chi connectivity index (χ0v) is 31.2. The van der Waals surface area contributed by atoms with Crippen LogP contribution in [-0.2, 0) is 24.4 Å². The van der Waals surface area contributed by atoms with Crippen molar-refractivity contribution >= 4 is 56.9 Å². The Morgan fingerprint density at radius 3 is 1.94 bits per heavy atom. The van der Waals surface area contributed by atoms with Crippen molar-refractivity contribution in [2.45, 2.75) is 62.3 Å². The highest BCUT2D eigenvalue weighted by Crippen LogP contribution is 2.33. The number of nitrogens with zero attached hydrogens (tertiary/aromatic N) is 7. The lowest BCUT2D eigenvalue weighted by Crippen LogP contribution is -2.43. The molecule has 4 N–H and O–H groups in total.